The fraction of sp³-hybridized carbons (Fsp3) is 0.294. The summed E-state index contributed by atoms with van der Waals surface area (Å²) in [7, 11) is 0. The molecule has 0 bridgehead atoms. The van der Waals surface area contributed by atoms with Crippen molar-refractivity contribution in [1.82, 2.24) is 10.1 Å². The maximum Gasteiger partial charge on any atom is 0.349 e. The van der Waals surface area contributed by atoms with Gasteiger partial charge in [-0.3, -0.25) is 0 Å². The van der Waals surface area contributed by atoms with Gasteiger partial charge in [-0.05, 0) is 73.2 Å². The highest BCUT2D eigenvalue weighted by Crippen LogP contribution is 2.34. The molecule has 2 aromatic heterocycles. The normalized spacial score (nSPS) is 19.8. The molecule has 0 N–H and O–H groups in total. The topological polar surface area (TPSA) is 85.4 Å². The third-order valence-electron chi connectivity index (χ3n) is 8.06. The lowest BCUT2D eigenvalue weighted by Gasteiger charge is -2.32. The third kappa shape index (κ3) is 6.09. The summed E-state index contributed by atoms with van der Waals surface area (Å²) in [5.74, 6) is -2.11. The molecule has 228 valence electrons. The first kappa shape index (κ1) is 29.5. The van der Waals surface area contributed by atoms with Crippen molar-refractivity contribution >= 4 is 45.0 Å². The molecule has 2 atom stereocenters. The van der Waals surface area contributed by atoms with Gasteiger partial charge in [0.15, 0.2) is 0 Å². The Morgan fingerprint density at radius 1 is 0.773 bits per heavy atom. The van der Waals surface area contributed by atoms with Gasteiger partial charge in [0, 0.05) is 47.1 Å². The fourth-order valence-corrected chi connectivity index (χ4v) is 5.90. The molecule has 2 aliphatic rings. The van der Waals surface area contributed by atoms with Crippen LogP contribution in [0.5, 0.6) is 0 Å². The zero-order chi connectivity index (χ0) is 30.8. The number of carbonyl (C=O) groups excluding carboxylic acids is 2. The Hall–Kier alpha value is -4.54. The van der Waals surface area contributed by atoms with Gasteiger partial charge in [0.2, 0.25) is 0 Å². The largest absolute Gasteiger partial charge is 0.464 e. The van der Waals surface area contributed by atoms with Crippen molar-refractivity contribution < 1.29 is 36.9 Å². The second-order valence-electron chi connectivity index (χ2n) is 10.9. The highest BCUT2D eigenvalue weighted by atomic mass is 19.1. The number of hydroxylamine groups is 4. The first-order chi connectivity index (χ1) is 21.3. The van der Waals surface area contributed by atoms with Gasteiger partial charge in [-0.25, -0.2) is 18.4 Å². The molecule has 4 heterocycles. The SMILES string of the molecule is CCC1C=C(c2cc(F)cc3ccoc23)CCN1OC(=O)/C=C/C(=O)ON1CCC(c2cc(F)cc3ccoc23)=CC1CC. The van der Waals surface area contributed by atoms with E-state index in [-0.39, 0.29) is 23.7 Å². The molecule has 44 heavy (non-hydrogen) atoms. The minimum Gasteiger partial charge on any atom is -0.464 e. The van der Waals surface area contributed by atoms with E-state index in [9.17, 15) is 18.4 Å². The molecule has 0 amide bonds. The standard InChI is InChI=1S/C34H32F2N2O6/c1-3-27-17-21(29-19-25(35)15-23-9-13-41-33(23)29)7-11-37(27)43-31(39)5-6-32(40)44-38-12-8-22(18-28(38)4-2)30-20-26(36)16-24-10-14-42-34(24)30/h5-6,9-10,13-20,27-28H,3-4,7-8,11-12H2,1-2H3/b6-5+. The summed E-state index contributed by atoms with van der Waals surface area (Å²) in [4.78, 5) is 36.4. The summed E-state index contributed by atoms with van der Waals surface area (Å²) in [5.41, 5.74) is 4.44. The van der Waals surface area contributed by atoms with Crippen LogP contribution in [0.1, 0.15) is 50.7 Å². The minimum atomic E-state index is -0.710. The van der Waals surface area contributed by atoms with E-state index in [2.05, 4.69) is 0 Å². The van der Waals surface area contributed by atoms with Gasteiger partial charge in [-0.15, -0.1) is 10.1 Å². The van der Waals surface area contributed by atoms with E-state index in [1.165, 1.54) is 36.8 Å². The van der Waals surface area contributed by atoms with E-state index < -0.39 is 11.9 Å². The van der Waals surface area contributed by atoms with Crippen LogP contribution in [0.25, 0.3) is 33.1 Å². The zero-order valence-corrected chi connectivity index (χ0v) is 24.4. The first-order valence-electron chi connectivity index (χ1n) is 14.7. The van der Waals surface area contributed by atoms with E-state index in [1.807, 2.05) is 26.0 Å². The van der Waals surface area contributed by atoms with Gasteiger partial charge < -0.3 is 18.5 Å². The number of hydrogen-bond acceptors (Lipinski definition) is 8. The number of nitrogens with zero attached hydrogens (tertiary/aromatic N) is 2. The summed E-state index contributed by atoms with van der Waals surface area (Å²) < 4.78 is 39.6. The quantitative estimate of drug-likeness (QED) is 0.193. The number of hydrogen-bond donors (Lipinski definition) is 0. The second-order valence-corrected chi connectivity index (χ2v) is 10.9. The summed E-state index contributed by atoms with van der Waals surface area (Å²) in [6, 6.07) is 8.75. The monoisotopic (exact) mass is 602 g/mol. The van der Waals surface area contributed by atoms with Gasteiger partial charge in [-0.2, -0.15) is 0 Å². The Kier molecular flexibility index (Phi) is 8.45. The Labute approximate surface area is 252 Å². The highest BCUT2D eigenvalue weighted by molar-refractivity contribution is 5.92. The van der Waals surface area contributed by atoms with Crippen molar-refractivity contribution in [3.63, 3.8) is 0 Å². The number of rotatable bonds is 8. The average molecular weight is 603 g/mol. The zero-order valence-electron chi connectivity index (χ0n) is 24.4. The summed E-state index contributed by atoms with van der Waals surface area (Å²) in [5, 5.41) is 4.50. The lowest BCUT2D eigenvalue weighted by molar-refractivity contribution is -0.195. The van der Waals surface area contributed by atoms with Crippen molar-refractivity contribution in [2.45, 2.75) is 51.6 Å². The Balaban J connectivity index is 1.07. The molecule has 2 unspecified atom stereocenters. The van der Waals surface area contributed by atoms with Gasteiger partial charge in [0.25, 0.3) is 0 Å². The molecule has 10 heteroatoms. The van der Waals surface area contributed by atoms with Crippen LogP contribution in [-0.4, -0.2) is 47.2 Å². The lowest BCUT2D eigenvalue weighted by atomic mass is 9.94. The van der Waals surface area contributed by atoms with Crippen molar-refractivity contribution in [3.8, 4) is 0 Å². The molecule has 0 aliphatic carbocycles. The van der Waals surface area contributed by atoms with Crippen LogP contribution in [0.15, 0.2) is 82.1 Å². The summed E-state index contributed by atoms with van der Waals surface area (Å²) in [6.45, 7) is 4.70. The van der Waals surface area contributed by atoms with E-state index in [4.69, 9.17) is 18.5 Å². The predicted molar refractivity (Wildman–Crippen MR) is 160 cm³/mol. The van der Waals surface area contributed by atoms with E-state index in [1.54, 1.807) is 22.3 Å². The van der Waals surface area contributed by atoms with Crippen LogP contribution in [0, 0.1) is 11.6 Å². The van der Waals surface area contributed by atoms with E-state index >= 15 is 0 Å². The molecule has 0 radical (unpaired) electrons. The molecule has 2 aromatic carbocycles. The Morgan fingerprint density at radius 2 is 1.20 bits per heavy atom. The van der Waals surface area contributed by atoms with Crippen LogP contribution in [0.4, 0.5) is 8.78 Å². The molecular formula is C34H32F2N2O6. The molecule has 0 fully saturated rings. The maximum atomic E-state index is 14.2. The third-order valence-corrected chi connectivity index (χ3v) is 8.06. The van der Waals surface area contributed by atoms with Crippen LogP contribution in [-0.2, 0) is 19.3 Å². The number of halogens is 2. The van der Waals surface area contributed by atoms with Crippen LogP contribution in [0.3, 0.4) is 0 Å². The number of fused-ring (bicyclic) bond motifs is 2. The second kappa shape index (κ2) is 12.6. The van der Waals surface area contributed by atoms with Crippen molar-refractivity contribution in [1.29, 1.82) is 0 Å². The molecule has 0 saturated heterocycles. The maximum absolute atomic E-state index is 14.2. The minimum absolute atomic E-state index is 0.239. The van der Waals surface area contributed by atoms with Crippen LogP contribution < -0.4 is 0 Å². The molecule has 6 rings (SSSR count). The Bertz CT molecular complexity index is 1670. The number of benzene rings is 2. The van der Waals surface area contributed by atoms with Crippen LogP contribution in [0.2, 0.25) is 0 Å². The van der Waals surface area contributed by atoms with Gasteiger partial charge >= 0.3 is 11.9 Å². The number of carbonyl (C=O) groups is 2. The molecule has 0 spiro atoms. The van der Waals surface area contributed by atoms with Gasteiger partial charge in [0.05, 0.1) is 24.6 Å². The Morgan fingerprint density at radius 3 is 1.61 bits per heavy atom. The predicted octanol–water partition coefficient (Wildman–Crippen LogP) is 7.37. The molecule has 0 saturated carbocycles. The number of furan rings is 2. The van der Waals surface area contributed by atoms with E-state index in [0.29, 0.717) is 71.8 Å². The molecule has 2 aliphatic heterocycles. The first-order valence-corrected chi connectivity index (χ1v) is 14.7. The van der Waals surface area contributed by atoms with Gasteiger partial charge in [-0.1, -0.05) is 26.0 Å². The van der Waals surface area contributed by atoms with Crippen molar-refractivity contribution in [2.24, 2.45) is 0 Å². The molecule has 4 aromatic rings. The van der Waals surface area contributed by atoms with Gasteiger partial charge in [0.1, 0.15) is 22.8 Å². The summed E-state index contributed by atoms with van der Waals surface area (Å²) in [6.07, 6.45) is 11.4. The smallest absolute Gasteiger partial charge is 0.349 e. The molecule has 8 nitrogen and oxygen atoms in total. The average Bonchev–Trinajstić information content (AvgIpc) is 3.69. The van der Waals surface area contributed by atoms with Crippen molar-refractivity contribution in [3.05, 3.63) is 96.0 Å². The molecular weight excluding hydrogens is 570 g/mol. The van der Waals surface area contributed by atoms with Crippen LogP contribution >= 0.6 is 0 Å². The summed E-state index contributed by atoms with van der Waals surface area (Å²) >= 11 is 0. The fourth-order valence-electron chi connectivity index (χ4n) is 5.90. The van der Waals surface area contributed by atoms with E-state index in [0.717, 1.165) is 23.3 Å². The lowest BCUT2D eigenvalue weighted by Crippen LogP contribution is -2.39. The van der Waals surface area contributed by atoms with Crippen molar-refractivity contribution in [2.75, 3.05) is 13.1 Å². The highest BCUT2D eigenvalue weighted by Gasteiger charge is 2.28.